The van der Waals surface area contributed by atoms with E-state index in [-0.39, 0.29) is 11.3 Å². The second-order valence-electron chi connectivity index (χ2n) is 11.9. The van der Waals surface area contributed by atoms with Crippen molar-refractivity contribution in [3.05, 3.63) is 88.5 Å². The molecule has 2 aromatic heterocycles. The van der Waals surface area contributed by atoms with E-state index in [0.29, 0.717) is 0 Å². The molecule has 1 N–H and O–H groups in total. The van der Waals surface area contributed by atoms with Gasteiger partial charge in [0.2, 0.25) is 22.5 Å². The zero-order valence-electron chi connectivity index (χ0n) is 22.1. The number of benzene rings is 3. The van der Waals surface area contributed by atoms with E-state index in [4.69, 9.17) is 9.15 Å². The molecular formula is C33H30NO3+. The van der Waals surface area contributed by atoms with Crippen LogP contribution in [0.25, 0.3) is 44.5 Å². The number of aliphatic hydroxyl groups is 1. The maximum atomic E-state index is 11.9. The fourth-order valence-corrected chi connectivity index (χ4v) is 7.97. The smallest absolute Gasteiger partial charge is 0.247 e. The number of methoxy groups -OCH3 is 1. The molecule has 3 heterocycles. The zero-order valence-corrected chi connectivity index (χ0v) is 22.1. The predicted octanol–water partition coefficient (Wildman–Crippen LogP) is 6.62. The van der Waals surface area contributed by atoms with Gasteiger partial charge in [-0.2, -0.15) is 4.57 Å². The van der Waals surface area contributed by atoms with Crippen LogP contribution < -0.4 is 4.57 Å². The molecule has 184 valence electrons. The summed E-state index contributed by atoms with van der Waals surface area (Å²) in [7, 11) is 1.62. The van der Waals surface area contributed by atoms with Gasteiger partial charge in [-0.1, -0.05) is 50.2 Å². The molecular weight excluding hydrogens is 458 g/mol. The Morgan fingerprint density at radius 3 is 2.49 bits per heavy atom. The van der Waals surface area contributed by atoms with Crippen LogP contribution in [0.4, 0.5) is 0 Å². The average Bonchev–Trinajstić information content (AvgIpc) is 3.11. The van der Waals surface area contributed by atoms with Crippen molar-refractivity contribution >= 4 is 21.9 Å². The molecule has 0 amide bonds. The molecule has 0 radical (unpaired) electrons. The van der Waals surface area contributed by atoms with Gasteiger partial charge in [-0.05, 0) is 48.2 Å². The van der Waals surface area contributed by atoms with Crippen molar-refractivity contribution in [3.8, 4) is 22.6 Å². The number of hydrogen-bond donors (Lipinski definition) is 1. The van der Waals surface area contributed by atoms with Crippen molar-refractivity contribution < 1.29 is 18.8 Å². The van der Waals surface area contributed by atoms with E-state index < -0.39 is 11.3 Å². The molecule has 3 aromatic carbocycles. The second-order valence-corrected chi connectivity index (χ2v) is 11.9. The molecule has 1 aliphatic heterocycles. The van der Waals surface area contributed by atoms with Crippen LogP contribution in [0, 0.1) is 13.8 Å². The summed E-state index contributed by atoms with van der Waals surface area (Å²) < 4.78 is 14.9. The maximum Gasteiger partial charge on any atom is 0.247 e. The molecule has 1 fully saturated rings. The second kappa shape index (κ2) is 6.32. The van der Waals surface area contributed by atoms with E-state index in [1.807, 2.05) is 6.07 Å². The fraction of sp³-hybridized carbons (Fsp3) is 0.303. The Hall–Kier alpha value is -3.47. The summed E-state index contributed by atoms with van der Waals surface area (Å²) in [6.45, 7) is 11.0. The number of ether oxygens (including phenoxy) is 1. The quantitative estimate of drug-likeness (QED) is 0.213. The van der Waals surface area contributed by atoms with Crippen LogP contribution in [0.15, 0.2) is 65.1 Å². The molecule has 4 nitrogen and oxygen atoms in total. The Balaban J connectivity index is 1.56. The highest BCUT2D eigenvalue weighted by Crippen LogP contribution is 2.69. The van der Waals surface area contributed by atoms with E-state index in [0.717, 1.165) is 39.2 Å². The summed E-state index contributed by atoms with van der Waals surface area (Å²) in [4.78, 5) is 0. The van der Waals surface area contributed by atoms with E-state index >= 15 is 0 Å². The third-order valence-electron chi connectivity index (χ3n) is 9.70. The van der Waals surface area contributed by atoms with E-state index in [1.54, 1.807) is 7.11 Å². The molecule has 5 aromatic rings. The molecule has 0 bridgehead atoms. The normalized spacial score (nSPS) is 26.0. The van der Waals surface area contributed by atoms with Gasteiger partial charge in [0.05, 0.1) is 5.56 Å². The Morgan fingerprint density at radius 1 is 0.919 bits per heavy atom. The number of nitrogens with zero attached hydrogens (tertiary/aromatic N) is 1. The van der Waals surface area contributed by atoms with Crippen molar-refractivity contribution in [3.63, 3.8) is 0 Å². The number of rotatable bonds is 1. The molecule has 0 spiro atoms. The minimum absolute atomic E-state index is 0.189. The van der Waals surface area contributed by atoms with Crippen molar-refractivity contribution in [2.24, 2.45) is 0 Å². The van der Waals surface area contributed by atoms with Crippen molar-refractivity contribution in [2.75, 3.05) is 7.11 Å². The number of para-hydroxylation sites is 1. The Morgan fingerprint density at radius 2 is 1.70 bits per heavy atom. The molecule has 8 rings (SSSR count). The van der Waals surface area contributed by atoms with Gasteiger partial charge < -0.3 is 14.3 Å². The van der Waals surface area contributed by atoms with E-state index in [1.165, 1.54) is 33.0 Å². The van der Waals surface area contributed by atoms with Gasteiger partial charge in [0.15, 0.2) is 0 Å². The van der Waals surface area contributed by atoms with Crippen LogP contribution in [0.2, 0.25) is 0 Å². The van der Waals surface area contributed by atoms with Crippen molar-refractivity contribution in [1.29, 1.82) is 0 Å². The van der Waals surface area contributed by atoms with Gasteiger partial charge in [-0.15, -0.1) is 0 Å². The van der Waals surface area contributed by atoms with Gasteiger partial charge in [0.1, 0.15) is 17.3 Å². The number of aryl methyl sites for hydroxylation is 2. The zero-order chi connectivity index (χ0) is 25.6. The number of fused-ring (bicyclic) bond motifs is 14. The van der Waals surface area contributed by atoms with Crippen LogP contribution in [0.5, 0.6) is 0 Å². The minimum Gasteiger partial charge on any atom is -0.456 e. The summed E-state index contributed by atoms with van der Waals surface area (Å²) in [6.07, 6.45) is 0. The largest absolute Gasteiger partial charge is 0.456 e. The summed E-state index contributed by atoms with van der Waals surface area (Å²) in [5.74, 6) is -0.538. The fourth-order valence-electron chi connectivity index (χ4n) is 7.97. The first-order valence-corrected chi connectivity index (χ1v) is 13.1. The molecule has 1 saturated carbocycles. The van der Waals surface area contributed by atoms with Crippen LogP contribution >= 0.6 is 0 Å². The third kappa shape index (κ3) is 2.20. The Bertz CT molecular complexity index is 1860. The number of pyridine rings is 1. The van der Waals surface area contributed by atoms with E-state index in [9.17, 15) is 5.11 Å². The number of hydrogen-bond acceptors (Lipinski definition) is 3. The molecule has 37 heavy (non-hydrogen) atoms. The first-order valence-electron chi connectivity index (χ1n) is 13.1. The predicted molar refractivity (Wildman–Crippen MR) is 145 cm³/mol. The van der Waals surface area contributed by atoms with E-state index in [2.05, 4.69) is 93.8 Å². The summed E-state index contributed by atoms with van der Waals surface area (Å²) in [6, 6.07) is 21.7. The summed E-state index contributed by atoms with van der Waals surface area (Å²) in [5.41, 5.74) is 10.7. The molecule has 4 heteroatoms. The lowest BCUT2D eigenvalue weighted by Gasteiger charge is -2.25. The first-order chi connectivity index (χ1) is 17.6. The standard InChI is InChI=1S/C33H30NO3/c1-17-15-18(2)19-12-14-23-26-21(30-32(5,33(30,35)36-6)34(23)24(19)16-17)11-13-22-27(26)29-28(31(22,3)4)20-9-7-8-10-25(20)37-29/h7-16,30,35H,1-6H3/q+1. The average molecular weight is 489 g/mol. The SMILES string of the molecule is COC1(O)C2c3ccc4c(c3-c3ccc5c(C)cc(C)cc5[n+]3C21C)-c1oc2ccccc2c1C4(C)C. The third-order valence-corrected chi connectivity index (χ3v) is 9.70. The lowest BCUT2D eigenvalue weighted by molar-refractivity contribution is -0.716. The summed E-state index contributed by atoms with van der Waals surface area (Å²) >= 11 is 0. The van der Waals surface area contributed by atoms with Crippen molar-refractivity contribution in [1.82, 2.24) is 0 Å². The highest BCUT2D eigenvalue weighted by atomic mass is 16.6. The topological polar surface area (TPSA) is 46.5 Å². The molecule has 2 aliphatic carbocycles. The van der Waals surface area contributed by atoms with Crippen LogP contribution in [-0.2, 0) is 15.7 Å². The first kappa shape index (κ1) is 21.6. The van der Waals surface area contributed by atoms with Crippen molar-refractivity contribution in [2.45, 2.75) is 57.3 Å². The van der Waals surface area contributed by atoms with Crippen LogP contribution in [-0.4, -0.2) is 18.0 Å². The highest BCUT2D eigenvalue weighted by molar-refractivity contribution is 6.00. The lowest BCUT2D eigenvalue weighted by atomic mass is 9.79. The molecule has 0 saturated heterocycles. The number of aromatic nitrogens is 1. The summed E-state index contributed by atoms with van der Waals surface area (Å²) in [5, 5.41) is 14.3. The van der Waals surface area contributed by atoms with Crippen LogP contribution in [0.3, 0.4) is 0 Å². The molecule has 3 aliphatic rings. The van der Waals surface area contributed by atoms with Gasteiger partial charge in [-0.3, -0.25) is 0 Å². The van der Waals surface area contributed by atoms with Gasteiger partial charge in [-0.25, -0.2) is 0 Å². The number of furan rings is 1. The molecule has 3 atom stereocenters. The Kier molecular flexibility index (Phi) is 3.69. The van der Waals surface area contributed by atoms with Gasteiger partial charge in [0, 0.05) is 53.5 Å². The lowest BCUT2D eigenvalue weighted by Crippen LogP contribution is -2.54. The Labute approximate surface area is 216 Å². The van der Waals surface area contributed by atoms with Gasteiger partial charge in [0.25, 0.3) is 0 Å². The highest BCUT2D eigenvalue weighted by Gasteiger charge is 2.86. The van der Waals surface area contributed by atoms with Gasteiger partial charge >= 0.3 is 0 Å². The van der Waals surface area contributed by atoms with Crippen LogP contribution in [0.1, 0.15) is 54.5 Å². The maximum absolute atomic E-state index is 11.9. The minimum atomic E-state index is -1.30. The molecule has 3 unspecified atom stereocenters. The monoisotopic (exact) mass is 488 g/mol.